The number of nitro benzene ring substituents is 1. The highest BCUT2D eigenvalue weighted by atomic mass is 32.1. The topological polar surface area (TPSA) is 144 Å². The van der Waals surface area contributed by atoms with Crippen LogP contribution in [0.2, 0.25) is 0 Å². The molecule has 4 aliphatic carbocycles. The Morgan fingerprint density at radius 1 is 0.907 bits per heavy atom. The van der Waals surface area contributed by atoms with Crippen LogP contribution < -0.4 is 4.74 Å². The Labute approximate surface area is 248 Å². The lowest BCUT2D eigenvalue weighted by Crippen LogP contribution is -2.52. The zero-order valence-electron chi connectivity index (χ0n) is 22.4. The molecule has 1 aromatic heterocycles. The molecule has 2 aromatic carbocycles. The van der Waals surface area contributed by atoms with Crippen molar-refractivity contribution < 1.29 is 33.6 Å². The van der Waals surface area contributed by atoms with Crippen LogP contribution in [0.25, 0.3) is 0 Å². The molecule has 0 radical (unpaired) electrons. The first-order valence-corrected chi connectivity index (χ1v) is 14.6. The average Bonchev–Trinajstić information content (AvgIpc) is 3.58. The number of ether oxygens (including phenoxy) is 1. The summed E-state index contributed by atoms with van der Waals surface area (Å²) in [4.78, 5) is 78.1. The SMILES string of the molecule is O=C(CN(C(=O)c1ccc([N+](=O)[O-])cc1)N1C(=O)[C@@H]2[C@H]3C=C[C@@H]([C@@H]4C[C@@H]34)[C@@H]2C1=O)c1ccc(OC(=O)c2cccs2)cc1. The van der Waals surface area contributed by atoms with Gasteiger partial charge in [0.25, 0.3) is 23.4 Å². The number of hydrogen-bond donors (Lipinski definition) is 0. The number of benzene rings is 2. The third-order valence-electron chi connectivity index (χ3n) is 8.84. The van der Waals surface area contributed by atoms with Crippen molar-refractivity contribution in [3.63, 3.8) is 0 Å². The summed E-state index contributed by atoms with van der Waals surface area (Å²) < 4.78 is 5.34. The number of thiophene rings is 1. The summed E-state index contributed by atoms with van der Waals surface area (Å²) >= 11 is 1.23. The fraction of sp³-hybridized carbons (Fsp3) is 0.258. The van der Waals surface area contributed by atoms with Crippen molar-refractivity contribution in [2.75, 3.05) is 6.54 Å². The second-order valence-electron chi connectivity index (χ2n) is 11.1. The summed E-state index contributed by atoms with van der Waals surface area (Å²) in [6.07, 6.45) is 4.99. The molecule has 43 heavy (non-hydrogen) atoms. The molecule has 12 heteroatoms. The van der Waals surface area contributed by atoms with Crippen molar-refractivity contribution in [3.05, 3.63) is 104 Å². The number of ketones is 1. The number of esters is 1. The van der Waals surface area contributed by atoms with Gasteiger partial charge in [0, 0.05) is 23.3 Å². The molecule has 6 atom stereocenters. The molecule has 3 amide bonds. The van der Waals surface area contributed by atoms with Gasteiger partial charge < -0.3 is 4.74 Å². The number of hydrogen-bond acceptors (Lipinski definition) is 9. The van der Waals surface area contributed by atoms with Gasteiger partial charge in [-0.1, -0.05) is 18.2 Å². The van der Waals surface area contributed by atoms with Crippen LogP contribution in [-0.2, 0) is 9.59 Å². The molecule has 2 heterocycles. The molecule has 1 aliphatic heterocycles. The molecule has 8 rings (SSSR count). The summed E-state index contributed by atoms with van der Waals surface area (Å²) in [6, 6.07) is 13.8. The van der Waals surface area contributed by atoms with Gasteiger partial charge in [0.1, 0.15) is 17.2 Å². The molecule has 0 N–H and O–H groups in total. The summed E-state index contributed by atoms with van der Waals surface area (Å²) in [5.74, 6) is -3.39. The Morgan fingerprint density at radius 3 is 2.07 bits per heavy atom. The molecule has 2 bridgehead atoms. The van der Waals surface area contributed by atoms with Crippen molar-refractivity contribution in [2.24, 2.45) is 35.5 Å². The molecule has 3 aromatic rings. The minimum Gasteiger partial charge on any atom is -0.422 e. The van der Waals surface area contributed by atoms with E-state index >= 15 is 0 Å². The van der Waals surface area contributed by atoms with Gasteiger partial charge >= 0.3 is 5.97 Å². The minimum absolute atomic E-state index is 0.0198. The fourth-order valence-electron chi connectivity index (χ4n) is 6.78. The lowest BCUT2D eigenvalue weighted by atomic mass is 9.63. The van der Waals surface area contributed by atoms with E-state index in [9.17, 15) is 34.1 Å². The lowest BCUT2D eigenvalue weighted by Gasteiger charge is -2.37. The maximum Gasteiger partial charge on any atom is 0.353 e. The van der Waals surface area contributed by atoms with Gasteiger partial charge in [-0.2, -0.15) is 5.01 Å². The van der Waals surface area contributed by atoms with Gasteiger partial charge in [0.05, 0.1) is 16.8 Å². The van der Waals surface area contributed by atoms with E-state index in [0.29, 0.717) is 16.7 Å². The van der Waals surface area contributed by atoms with Gasteiger partial charge in [-0.15, -0.1) is 11.3 Å². The third kappa shape index (κ3) is 4.45. The highest BCUT2D eigenvalue weighted by Crippen LogP contribution is 2.65. The monoisotopic (exact) mass is 597 g/mol. The zero-order chi connectivity index (χ0) is 30.0. The van der Waals surface area contributed by atoms with E-state index in [1.165, 1.54) is 47.7 Å². The largest absolute Gasteiger partial charge is 0.422 e. The average molecular weight is 598 g/mol. The number of allylic oxidation sites excluding steroid dienone is 2. The number of carbonyl (C=O) groups is 5. The summed E-state index contributed by atoms with van der Waals surface area (Å²) in [7, 11) is 0. The van der Waals surface area contributed by atoms with Crippen LogP contribution in [0.5, 0.6) is 5.75 Å². The number of non-ortho nitro benzene ring substituents is 1. The van der Waals surface area contributed by atoms with Crippen molar-refractivity contribution in [1.29, 1.82) is 0 Å². The van der Waals surface area contributed by atoms with Crippen molar-refractivity contribution >= 4 is 46.5 Å². The normalized spacial score (nSPS) is 26.1. The Bertz CT molecular complexity index is 1680. The first-order valence-electron chi connectivity index (χ1n) is 13.7. The van der Waals surface area contributed by atoms with Gasteiger partial charge in [0.15, 0.2) is 5.78 Å². The van der Waals surface area contributed by atoms with Gasteiger partial charge in [-0.3, -0.25) is 29.3 Å². The molecule has 0 spiro atoms. The molecular formula is C31H23N3O8S. The number of rotatable bonds is 8. The van der Waals surface area contributed by atoms with E-state index in [2.05, 4.69) is 0 Å². The van der Waals surface area contributed by atoms with Crippen LogP contribution in [0.1, 0.15) is 36.8 Å². The predicted octanol–water partition coefficient (Wildman–Crippen LogP) is 4.17. The molecule has 0 unspecified atom stereocenters. The third-order valence-corrected chi connectivity index (χ3v) is 9.69. The van der Waals surface area contributed by atoms with Gasteiger partial charge in [-0.05, 0) is 77.9 Å². The summed E-state index contributed by atoms with van der Waals surface area (Å²) in [6.45, 7) is -0.628. The van der Waals surface area contributed by atoms with Crippen LogP contribution in [-0.4, -0.2) is 51.0 Å². The van der Waals surface area contributed by atoms with E-state index in [1.807, 2.05) is 12.2 Å². The fourth-order valence-corrected chi connectivity index (χ4v) is 7.37. The van der Waals surface area contributed by atoms with E-state index in [4.69, 9.17) is 4.74 Å². The van der Waals surface area contributed by atoms with Crippen molar-refractivity contribution in [1.82, 2.24) is 10.0 Å². The number of imide groups is 1. The molecule has 216 valence electrons. The molecule has 1 saturated heterocycles. The molecule has 3 fully saturated rings. The maximum atomic E-state index is 13.8. The van der Waals surface area contributed by atoms with Gasteiger partial charge in [0.2, 0.25) is 0 Å². The smallest absolute Gasteiger partial charge is 0.353 e. The number of Topliss-reactive ketones (excluding diaryl/α,β-unsaturated/α-hetero) is 1. The Kier molecular flexibility index (Phi) is 6.31. The van der Waals surface area contributed by atoms with E-state index in [-0.39, 0.29) is 34.4 Å². The van der Waals surface area contributed by atoms with Crippen molar-refractivity contribution in [3.8, 4) is 5.75 Å². The lowest BCUT2D eigenvalue weighted by molar-refractivity contribution is -0.384. The van der Waals surface area contributed by atoms with E-state index < -0.39 is 52.8 Å². The molecular weight excluding hydrogens is 574 g/mol. The van der Waals surface area contributed by atoms with Crippen LogP contribution in [0.4, 0.5) is 5.69 Å². The number of hydrazine groups is 1. The number of nitro groups is 1. The summed E-state index contributed by atoms with van der Waals surface area (Å²) in [5, 5.41) is 14.6. The van der Waals surface area contributed by atoms with Crippen LogP contribution in [0.15, 0.2) is 78.2 Å². The zero-order valence-corrected chi connectivity index (χ0v) is 23.2. The quantitative estimate of drug-likeness (QED) is 0.0716. The summed E-state index contributed by atoms with van der Waals surface area (Å²) in [5.41, 5.74) is -0.0918. The van der Waals surface area contributed by atoms with E-state index in [0.717, 1.165) is 28.6 Å². The first-order chi connectivity index (χ1) is 20.7. The van der Waals surface area contributed by atoms with Crippen molar-refractivity contribution in [2.45, 2.75) is 6.42 Å². The number of nitrogens with zero attached hydrogens (tertiary/aromatic N) is 3. The molecule has 11 nitrogen and oxygen atoms in total. The van der Waals surface area contributed by atoms with Crippen LogP contribution >= 0.6 is 11.3 Å². The van der Waals surface area contributed by atoms with Gasteiger partial charge in [-0.25, -0.2) is 9.80 Å². The second-order valence-corrected chi connectivity index (χ2v) is 12.1. The standard InChI is InChI=1S/C31H23N3O8S/c35-24(16-5-9-19(10-6-16)42-31(39)25-2-1-13-43-25)15-32(28(36)17-3-7-18(8-4-17)34(40)41)33-29(37)26-20-11-12-21(23-14-22(20)23)27(26)30(33)38/h1-13,20-23,26-27H,14-15H2/t20-,21-,22-,23-,26-,27+/m0/s1. The molecule has 5 aliphatic rings. The van der Waals surface area contributed by atoms with E-state index in [1.54, 1.807) is 17.5 Å². The Morgan fingerprint density at radius 2 is 1.51 bits per heavy atom. The maximum absolute atomic E-state index is 13.8. The second kappa shape index (κ2) is 10.1. The minimum atomic E-state index is -0.810. The highest BCUT2D eigenvalue weighted by Gasteiger charge is 2.68. The number of carbonyl (C=O) groups excluding carboxylic acids is 5. The number of amides is 3. The predicted molar refractivity (Wildman–Crippen MR) is 151 cm³/mol. The Balaban J connectivity index is 1.16. The Hall–Kier alpha value is -4.97. The highest BCUT2D eigenvalue weighted by molar-refractivity contribution is 7.12. The van der Waals surface area contributed by atoms with Crippen LogP contribution in [0.3, 0.4) is 0 Å². The van der Waals surface area contributed by atoms with Crippen LogP contribution in [0, 0.1) is 45.6 Å². The first kappa shape index (κ1) is 26.9. The molecule has 2 saturated carbocycles.